The first-order valence-electron chi connectivity index (χ1n) is 8.23. The standard InChI is InChI=1S/C20H12BrClN4O2/c21-13-5-6-16(22)15(11-13)19(27)25-26-18(12-7-9-23-10-8-12)24-17-4-2-1-3-14(17)20(26)28/h1-11H,(H,25,27). The topological polar surface area (TPSA) is 76.9 Å². The number of nitrogens with zero attached hydrogens (tertiary/aromatic N) is 3. The Hall–Kier alpha value is -3.03. The molecule has 8 heteroatoms. The second kappa shape index (κ2) is 7.53. The predicted octanol–water partition coefficient (Wildman–Crippen LogP) is 4.26. The fourth-order valence-corrected chi connectivity index (χ4v) is 3.33. The number of amides is 1. The fraction of sp³-hybridized carbons (Fsp3) is 0. The molecule has 0 radical (unpaired) electrons. The highest BCUT2D eigenvalue weighted by Crippen LogP contribution is 2.22. The van der Waals surface area contributed by atoms with E-state index < -0.39 is 11.5 Å². The lowest BCUT2D eigenvalue weighted by Gasteiger charge is -2.15. The van der Waals surface area contributed by atoms with E-state index in [1.165, 1.54) is 0 Å². The van der Waals surface area contributed by atoms with Gasteiger partial charge in [0.2, 0.25) is 0 Å². The minimum absolute atomic E-state index is 0.233. The smallest absolute Gasteiger partial charge is 0.267 e. The SMILES string of the molecule is O=C(Nn1c(-c2ccncc2)nc2ccccc2c1=O)c1cc(Br)ccc1Cl. The van der Waals surface area contributed by atoms with Gasteiger partial charge in [0, 0.05) is 22.4 Å². The lowest BCUT2D eigenvalue weighted by Crippen LogP contribution is -2.35. The van der Waals surface area contributed by atoms with Crippen molar-refractivity contribution in [2.75, 3.05) is 5.43 Å². The predicted molar refractivity (Wildman–Crippen MR) is 112 cm³/mol. The number of hydrogen-bond acceptors (Lipinski definition) is 4. The first-order valence-corrected chi connectivity index (χ1v) is 9.40. The molecule has 0 aliphatic heterocycles. The second-order valence-corrected chi connectivity index (χ2v) is 7.22. The van der Waals surface area contributed by atoms with E-state index in [-0.39, 0.29) is 10.6 Å². The summed E-state index contributed by atoms with van der Waals surface area (Å²) in [5, 5.41) is 0.661. The van der Waals surface area contributed by atoms with Gasteiger partial charge in [0.25, 0.3) is 11.5 Å². The molecule has 1 amide bonds. The summed E-state index contributed by atoms with van der Waals surface area (Å²) in [6, 6.07) is 15.3. The monoisotopic (exact) mass is 454 g/mol. The molecule has 0 saturated carbocycles. The third-order valence-electron chi connectivity index (χ3n) is 4.10. The van der Waals surface area contributed by atoms with Crippen molar-refractivity contribution in [1.29, 1.82) is 0 Å². The maximum Gasteiger partial charge on any atom is 0.280 e. The molecule has 2 heterocycles. The summed E-state index contributed by atoms with van der Waals surface area (Å²) in [6.45, 7) is 0. The molecule has 4 aromatic rings. The van der Waals surface area contributed by atoms with Crippen LogP contribution in [0.4, 0.5) is 0 Å². The molecule has 1 N–H and O–H groups in total. The molecule has 6 nitrogen and oxygen atoms in total. The molecule has 138 valence electrons. The Balaban J connectivity index is 1.90. The summed E-state index contributed by atoms with van der Waals surface area (Å²) in [7, 11) is 0. The van der Waals surface area contributed by atoms with Gasteiger partial charge in [0.15, 0.2) is 5.82 Å². The van der Waals surface area contributed by atoms with Crippen LogP contribution >= 0.6 is 27.5 Å². The van der Waals surface area contributed by atoms with Gasteiger partial charge in [-0.1, -0.05) is 39.7 Å². The molecule has 0 aliphatic rings. The first kappa shape index (κ1) is 18.3. The third-order valence-corrected chi connectivity index (χ3v) is 4.92. The third kappa shape index (κ3) is 3.42. The summed E-state index contributed by atoms with van der Waals surface area (Å²) in [5.41, 5.74) is 3.64. The summed E-state index contributed by atoms with van der Waals surface area (Å²) < 4.78 is 1.83. The van der Waals surface area contributed by atoms with E-state index in [2.05, 4.69) is 31.3 Å². The van der Waals surface area contributed by atoms with Crippen molar-refractivity contribution in [2.45, 2.75) is 0 Å². The molecule has 2 aromatic carbocycles. The van der Waals surface area contributed by atoms with Crippen LogP contribution in [0.15, 0.2) is 76.3 Å². The highest BCUT2D eigenvalue weighted by molar-refractivity contribution is 9.10. The quantitative estimate of drug-likeness (QED) is 0.501. The molecule has 0 spiro atoms. The molecule has 2 aromatic heterocycles. The van der Waals surface area contributed by atoms with Crippen LogP contribution in [0, 0.1) is 0 Å². The van der Waals surface area contributed by atoms with E-state index in [0.717, 1.165) is 4.68 Å². The van der Waals surface area contributed by atoms with Gasteiger partial charge in [-0.2, -0.15) is 4.68 Å². The fourth-order valence-electron chi connectivity index (χ4n) is 2.76. The van der Waals surface area contributed by atoms with E-state index in [9.17, 15) is 9.59 Å². The Morgan fingerprint density at radius 2 is 1.82 bits per heavy atom. The van der Waals surface area contributed by atoms with Crippen molar-refractivity contribution in [3.8, 4) is 11.4 Å². The molecular formula is C20H12BrClN4O2. The highest BCUT2D eigenvalue weighted by atomic mass is 79.9. The normalized spacial score (nSPS) is 10.8. The number of nitrogens with one attached hydrogen (secondary N) is 1. The molecule has 0 aliphatic carbocycles. The van der Waals surface area contributed by atoms with E-state index in [1.807, 2.05) is 0 Å². The van der Waals surface area contributed by atoms with Crippen molar-refractivity contribution in [1.82, 2.24) is 14.6 Å². The van der Waals surface area contributed by atoms with E-state index in [1.54, 1.807) is 67.0 Å². The van der Waals surface area contributed by atoms with Gasteiger partial charge in [-0.15, -0.1) is 0 Å². The average Bonchev–Trinajstić information content (AvgIpc) is 2.72. The maximum absolute atomic E-state index is 13.1. The van der Waals surface area contributed by atoms with E-state index in [4.69, 9.17) is 11.6 Å². The van der Waals surface area contributed by atoms with Crippen LogP contribution in [0.1, 0.15) is 10.4 Å². The number of benzene rings is 2. The number of rotatable bonds is 3. The minimum Gasteiger partial charge on any atom is -0.267 e. The average molecular weight is 456 g/mol. The summed E-state index contributed by atoms with van der Waals surface area (Å²) in [5.74, 6) is -0.230. The van der Waals surface area contributed by atoms with Crippen LogP contribution in [-0.2, 0) is 0 Å². The molecular weight excluding hydrogens is 444 g/mol. The molecule has 0 atom stereocenters. The zero-order valence-corrected chi connectivity index (χ0v) is 16.6. The Labute approximate surface area is 172 Å². The van der Waals surface area contributed by atoms with Crippen molar-refractivity contribution in [3.05, 3.63) is 92.4 Å². The van der Waals surface area contributed by atoms with Crippen LogP contribution in [0.2, 0.25) is 5.02 Å². The largest absolute Gasteiger partial charge is 0.280 e. The van der Waals surface area contributed by atoms with Crippen LogP contribution in [0.3, 0.4) is 0 Å². The number of halogens is 2. The Bertz CT molecular complexity index is 1260. The number of fused-ring (bicyclic) bond motifs is 1. The van der Waals surface area contributed by atoms with Gasteiger partial charge < -0.3 is 0 Å². The Morgan fingerprint density at radius 3 is 2.61 bits per heavy atom. The van der Waals surface area contributed by atoms with Crippen molar-refractivity contribution in [2.24, 2.45) is 0 Å². The van der Waals surface area contributed by atoms with Crippen LogP contribution in [-0.4, -0.2) is 20.6 Å². The van der Waals surface area contributed by atoms with Gasteiger partial charge in [0.1, 0.15) is 0 Å². The summed E-state index contributed by atoms with van der Waals surface area (Å²) in [4.78, 5) is 34.5. The van der Waals surface area contributed by atoms with E-state index in [0.29, 0.717) is 26.8 Å². The van der Waals surface area contributed by atoms with Crippen LogP contribution in [0.25, 0.3) is 22.3 Å². The highest BCUT2D eigenvalue weighted by Gasteiger charge is 2.17. The lowest BCUT2D eigenvalue weighted by atomic mass is 10.2. The van der Waals surface area contributed by atoms with Gasteiger partial charge in [-0.05, 0) is 42.5 Å². The summed E-state index contributed by atoms with van der Waals surface area (Å²) in [6.07, 6.45) is 3.18. The van der Waals surface area contributed by atoms with Gasteiger partial charge >= 0.3 is 0 Å². The van der Waals surface area contributed by atoms with Crippen molar-refractivity contribution < 1.29 is 4.79 Å². The Morgan fingerprint density at radius 1 is 1.07 bits per heavy atom. The first-order chi connectivity index (χ1) is 13.5. The number of aromatic nitrogens is 3. The summed E-state index contributed by atoms with van der Waals surface area (Å²) >= 11 is 9.48. The van der Waals surface area contributed by atoms with Gasteiger partial charge in [0.05, 0.1) is 21.5 Å². The maximum atomic E-state index is 13.1. The second-order valence-electron chi connectivity index (χ2n) is 5.89. The zero-order valence-electron chi connectivity index (χ0n) is 14.3. The zero-order chi connectivity index (χ0) is 19.7. The van der Waals surface area contributed by atoms with Gasteiger partial charge in [-0.25, -0.2) is 4.98 Å². The molecule has 0 fully saturated rings. The number of pyridine rings is 1. The molecule has 0 saturated heterocycles. The molecule has 4 rings (SSSR count). The molecule has 0 unspecified atom stereocenters. The minimum atomic E-state index is -0.527. The number of carbonyl (C=O) groups is 1. The number of carbonyl (C=O) groups excluding carboxylic acids is 1. The van der Waals surface area contributed by atoms with E-state index >= 15 is 0 Å². The van der Waals surface area contributed by atoms with Crippen molar-refractivity contribution >= 4 is 44.3 Å². The molecule has 0 bridgehead atoms. The van der Waals surface area contributed by atoms with Gasteiger partial charge in [-0.3, -0.25) is 20.0 Å². The van der Waals surface area contributed by atoms with Crippen LogP contribution in [0.5, 0.6) is 0 Å². The van der Waals surface area contributed by atoms with Crippen LogP contribution < -0.4 is 11.0 Å². The lowest BCUT2D eigenvalue weighted by molar-refractivity contribution is 0.101. The number of hydrogen-bond donors (Lipinski definition) is 1. The Kier molecular flexibility index (Phi) is 4.93. The molecule has 28 heavy (non-hydrogen) atoms. The van der Waals surface area contributed by atoms with Crippen molar-refractivity contribution in [3.63, 3.8) is 0 Å². The number of para-hydroxylation sites is 1.